The van der Waals surface area contributed by atoms with E-state index in [9.17, 15) is 18.3 Å². The molecule has 8 heteroatoms. The Morgan fingerprint density at radius 2 is 2.00 bits per heavy atom. The number of hydrogen-bond acceptors (Lipinski definition) is 5. The van der Waals surface area contributed by atoms with Crippen LogP contribution < -0.4 is 4.72 Å². The van der Waals surface area contributed by atoms with Crippen LogP contribution in [0.15, 0.2) is 23.4 Å². The molecule has 1 rings (SSSR count). The summed E-state index contributed by atoms with van der Waals surface area (Å²) < 4.78 is 26.3. The minimum Gasteiger partial charge on any atom is -0.478 e. The predicted molar refractivity (Wildman–Crippen MR) is 67.3 cm³/mol. The van der Waals surface area contributed by atoms with Crippen molar-refractivity contribution >= 4 is 16.0 Å². The lowest BCUT2D eigenvalue weighted by Crippen LogP contribution is -2.50. The molecule has 19 heavy (non-hydrogen) atoms. The Hall–Kier alpha value is -1.51. The third-order valence-corrected chi connectivity index (χ3v) is 4.29. The Bertz CT molecular complexity index is 563. The average Bonchev–Trinajstić information content (AvgIpc) is 2.27. The molecule has 0 amide bonds. The topological polar surface area (TPSA) is 117 Å². The van der Waals surface area contributed by atoms with Crippen molar-refractivity contribution in [3.8, 4) is 0 Å². The SMILES string of the molecule is CC(O)C(C)(C)NS(=O)(=O)c1ccc(C(=O)O)cn1. The minimum absolute atomic E-state index is 0.103. The molecular weight excluding hydrogens is 272 g/mol. The lowest BCUT2D eigenvalue weighted by molar-refractivity contribution is 0.0696. The van der Waals surface area contributed by atoms with Crippen LogP contribution in [-0.4, -0.2) is 41.2 Å². The van der Waals surface area contributed by atoms with Crippen molar-refractivity contribution in [2.75, 3.05) is 0 Å². The second kappa shape index (κ2) is 5.24. The summed E-state index contributed by atoms with van der Waals surface area (Å²) in [6.45, 7) is 4.52. The van der Waals surface area contributed by atoms with Crippen molar-refractivity contribution in [1.82, 2.24) is 9.71 Å². The second-order valence-electron chi connectivity index (χ2n) is 4.69. The molecule has 106 valence electrons. The number of sulfonamides is 1. The van der Waals surface area contributed by atoms with Gasteiger partial charge in [-0.05, 0) is 32.9 Å². The molecule has 1 atom stereocenters. The van der Waals surface area contributed by atoms with Gasteiger partial charge in [0.15, 0.2) is 5.03 Å². The van der Waals surface area contributed by atoms with Crippen LogP contribution in [0.1, 0.15) is 31.1 Å². The maximum Gasteiger partial charge on any atom is 0.337 e. The highest BCUT2D eigenvalue weighted by atomic mass is 32.2. The fourth-order valence-electron chi connectivity index (χ4n) is 1.15. The summed E-state index contributed by atoms with van der Waals surface area (Å²) in [5.74, 6) is -1.19. The number of nitrogens with zero attached hydrogens (tertiary/aromatic N) is 1. The largest absolute Gasteiger partial charge is 0.478 e. The minimum atomic E-state index is -3.92. The Kier molecular flexibility index (Phi) is 4.28. The molecule has 0 radical (unpaired) electrons. The summed E-state index contributed by atoms with van der Waals surface area (Å²) in [5, 5.41) is 17.9. The predicted octanol–water partition coefficient (Wildman–Crippen LogP) is 0.217. The van der Waals surface area contributed by atoms with Crippen molar-refractivity contribution in [2.24, 2.45) is 0 Å². The normalized spacial score (nSPS) is 14.1. The average molecular weight is 288 g/mol. The van der Waals surface area contributed by atoms with Gasteiger partial charge in [-0.25, -0.2) is 22.9 Å². The Balaban J connectivity index is 3.04. The van der Waals surface area contributed by atoms with Gasteiger partial charge in [0.1, 0.15) is 0 Å². The summed E-state index contributed by atoms with van der Waals surface area (Å²) in [6, 6.07) is 2.25. The van der Waals surface area contributed by atoms with Gasteiger partial charge in [-0.3, -0.25) is 0 Å². The zero-order valence-corrected chi connectivity index (χ0v) is 11.6. The van der Waals surface area contributed by atoms with Crippen LogP contribution in [0.4, 0.5) is 0 Å². The number of aliphatic hydroxyl groups excluding tert-OH is 1. The zero-order valence-electron chi connectivity index (χ0n) is 10.8. The summed E-state index contributed by atoms with van der Waals surface area (Å²) in [5.41, 5.74) is -1.17. The molecule has 7 nitrogen and oxygen atoms in total. The van der Waals surface area contributed by atoms with Crippen LogP contribution in [0.25, 0.3) is 0 Å². The summed E-state index contributed by atoms with van der Waals surface area (Å²) >= 11 is 0. The molecule has 0 aromatic carbocycles. The van der Waals surface area contributed by atoms with Crippen molar-refractivity contribution in [3.63, 3.8) is 0 Å². The Morgan fingerprint density at radius 1 is 1.42 bits per heavy atom. The number of pyridine rings is 1. The standard InChI is InChI=1S/C11H16N2O5S/c1-7(14)11(2,3)13-19(17,18)9-5-4-8(6-12-9)10(15)16/h4-7,13-14H,1-3H3,(H,15,16). The van der Waals surface area contributed by atoms with E-state index in [2.05, 4.69) is 9.71 Å². The zero-order chi connectivity index (χ0) is 14.8. The molecule has 0 aliphatic carbocycles. The number of aliphatic hydroxyl groups is 1. The molecule has 1 aromatic heterocycles. The maximum atomic E-state index is 12.0. The summed E-state index contributed by atoms with van der Waals surface area (Å²) in [4.78, 5) is 14.2. The van der Waals surface area contributed by atoms with Gasteiger partial charge >= 0.3 is 5.97 Å². The Morgan fingerprint density at radius 3 is 2.37 bits per heavy atom. The first kappa shape index (κ1) is 15.5. The first-order valence-corrected chi connectivity index (χ1v) is 6.96. The van der Waals surface area contributed by atoms with Crippen molar-refractivity contribution in [3.05, 3.63) is 23.9 Å². The fourth-order valence-corrected chi connectivity index (χ4v) is 2.56. The summed E-state index contributed by atoms with van der Waals surface area (Å²) in [7, 11) is -3.92. The van der Waals surface area contributed by atoms with E-state index in [0.717, 1.165) is 18.3 Å². The molecule has 0 fully saturated rings. The van der Waals surface area contributed by atoms with Crippen LogP contribution in [0, 0.1) is 0 Å². The van der Waals surface area contributed by atoms with E-state index in [4.69, 9.17) is 5.11 Å². The number of aromatic nitrogens is 1. The first-order valence-electron chi connectivity index (χ1n) is 5.47. The third kappa shape index (κ3) is 3.72. The molecule has 0 aliphatic heterocycles. The van der Waals surface area contributed by atoms with E-state index in [1.54, 1.807) is 0 Å². The lowest BCUT2D eigenvalue weighted by atomic mass is 10.0. The van der Waals surface area contributed by atoms with Gasteiger partial charge in [0.05, 0.1) is 17.2 Å². The highest BCUT2D eigenvalue weighted by Crippen LogP contribution is 2.14. The monoisotopic (exact) mass is 288 g/mol. The van der Waals surface area contributed by atoms with E-state index in [0.29, 0.717) is 0 Å². The van der Waals surface area contributed by atoms with Gasteiger partial charge in [-0.1, -0.05) is 0 Å². The second-order valence-corrected chi connectivity index (χ2v) is 6.32. The molecule has 0 bridgehead atoms. The van der Waals surface area contributed by atoms with Crippen molar-refractivity contribution in [2.45, 2.75) is 37.4 Å². The van der Waals surface area contributed by atoms with E-state index >= 15 is 0 Å². The van der Waals surface area contributed by atoms with Crippen LogP contribution in [-0.2, 0) is 10.0 Å². The molecule has 0 saturated heterocycles. The van der Waals surface area contributed by atoms with Gasteiger partial charge in [0.25, 0.3) is 10.0 Å². The molecule has 1 unspecified atom stereocenters. The summed E-state index contributed by atoms with van der Waals surface area (Å²) in [6.07, 6.45) is 0.0623. The highest BCUT2D eigenvalue weighted by molar-refractivity contribution is 7.89. The van der Waals surface area contributed by atoms with Crippen LogP contribution in [0.3, 0.4) is 0 Å². The maximum absolute atomic E-state index is 12.0. The number of carbonyl (C=O) groups is 1. The molecule has 0 spiro atoms. The Labute approximate surface area is 111 Å². The van der Waals surface area contributed by atoms with E-state index in [1.807, 2.05) is 0 Å². The van der Waals surface area contributed by atoms with Gasteiger partial charge in [-0.2, -0.15) is 0 Å². The third-order valence-electron chi connectivity index (χ3n) is 2.70. The first-order chi connectivity index (χ1) is 8.56. The number of rotatable bonds is 5. The number of hydrogen-bond donors (Lipinski definition) is 3. The molecule has 0 saturated carbocycles. The van der Waals surface area contributed by atoms with E-state index in [-0.39, 0.29) is 10.6 Å². The smallest absolute Gasteiger partial charge is 0.337 e. The molecule has 1 heterocycles. The molecule has 0 aliphatic rings. The number of aromatic carboxylic acids is 1. The van der Waals surface area contributed by atoms with Crippen LogP contribution in [0.2, 0.25) is 0 Å². The quantitative estimate of drug-likeness (QED) is 0.713. The van der Waals surface area contributed by atoms with E-state index < -0.39 is 27.6 Å². The van der Waals surface area contributed by atoms with Gasteiger partial charge < -0.3 is 10.2 Å². The number of carboxylic acids is 1. The van der Waals surface area contributed by atoms with Crippen molar-refractivity contribution in [1.29, 1.82) is 0 Å². The number of carboxylic acid groups (broad SMARTS) is 1. The molecule has 3 N–H and O–H groups in total. The number of nitrogens with one attached hydrogen (secondary N) is 1. The van der Waals surface area contributed by atoms with Gasteiger partial charge in [-0.15, -0.1) is 0 Å². The van der Waals surface area contributed by atoms with Crippen molar-refractivity contribution < 1.29 is 23.4 Å². The molecule has 1 aromatic rings. The van der Waals surface area contributed by atoms with Crippen LogP contribution >= 0.6 is 0 Å². The molecular formula is C11H16N2O5S. The van der Waals surface area contributed by atoms with E-state index in [1.165, 1.54) is 20.8 Å². The lowest BCUT2D eigenvalue weighted by Gasteiger charge is -2.28. The van der Waals surface area contributed by atoms with Gasteiger partial charge in [0.2, 0.25) is 0 Å². The van der Waals surface area contributed by atoms with Gasteiger partial charge in [0, 0.05) is 6.20 Å². The van der Waals surface area contributed by atoms with Crippen LogP contribution in [0.5, 0.6) is 0 Å². The highest BCUT2D eigenvalue weighted by Gasteiger charge is 2.31. The fraction of sp³-hybridized carbons (Fsp3) is 0.455.